The van der Waals surface area contributed by atoms with Crippen molar-refractivity contribution in [3.05, 3.63) is 12.4 Å². The number of aromatic amines is 1. The number of likely N-dealkylation sites (N-methyl/N-ethyl adjacent to an activating group) is 1. The summed E-state index contributed by atoms with van der Waals surface area (Å²) in [6.07, 6.45) is 2.45. The number of aromatic nitrogens is 2. The molecular weight excluding hydrogens is 256 g/mol. The lowest BCUT2D eigenvalue weighted by Crippen LogP contribution is -2.46. The summed E-state index contributed by atoms with van der Waals surface area (Å²) in [6.45, 7) is 6.32. The molecule has 2 N–H and O–H groups in total. The van der Waals surface area contributed by atoms with E-state index in [1.165, 1.54) is 19.3 Å². The Morgan fingerprint density at radius 3 is 2.56 bits per heavy atom. The van der Waals surface area contributed by atoms with E-state index in [1.807, 2.05) is 13.8 Å². The quantitative estimate of drug-likeness (QED) is 0.760. The lowest BCUT2D eigenvalue weighted by molar-refractivity contribution is -0.132. The van der Waals surface area contributed by atoms with Crippen LogP contribution in [0.5, 0.6) is 0 Å². The number of amides is 1. The fourth-order valence-corrected chi connectivity index (χ4v) is 2.65. The molecule has 0 spiro atoms. The molecule has 0 fully saturated rings. The first kappa shape index (κ1) is 14.7. The van der Waals surface area contributed by atoms with Gasteiger partial charge in [-0.2, -0.15) is 9.82 Å². The molecule has 1 rings (SSSR count). The normalized spacial score (nSPS) is 13.3. The Morgan fingerprint density at radius 1 is 1.50 bits per heavy atom. The Hall–Kier alpha value is -1.41. The van der Waals surface area contributed by atoms with Gasteiger partial charge in [0.25, 0.3) is 0 Å². The number of nitrogens with one attached hydrogen (secondary N) is 2. The highest BCUT2D eigenvalue weighted by Gasteiger charge is 2.25. The van der Waals surface area contributed by atoms with Crippen molar-refractivity contribution in [1.82, 2.24) is 19.8 Å². The van der Waals surface area contributed by atoms with Crippen molar-refractivity contribution >= 4 is 15.9 Å². The van der Waals surface area contributed by atoms with Crippen molar-refractivity contribution < 1.29 is 13.2 Å². The number of sulfonamides is 1. The first-order valence-corrected chi connectivity index (χ1v) is 7.20. The summed E-state index contributed by atoms with van der Waals surface area (Å²) in [7, 11) is -3.70. The molecule has 8 heteroatoms. The van der Waals surface area contributed by atoms with Gasteiger partial charge in [-0.25, -0.2) is 8.42 Å². The summed E-state index contributed by atoms with van der Waals surface area (Å²) in [5, 5.41) is 5.99. The number of H-pyrrole nitrogens is 1. The second-order valence-corrected chi connectivity index (χ2v) is 5.50. The van der Waals surface area contributed by atoms with Gasteiger partial charge in [-0.15, -0.1) is 0 Å². The van der Waals surface area contributed by atoms with Crippen LogP contribution >= 0.6 is 0 Å². The van der Waals surface area contributed by atoms with Crippen LogP contribution in [-0.4, -0.2) is 48.6 Å². The van der Waals surface area contributed by atoms with Gasteiger partial charge in [-0.05, 0) is 20.8 Å². The molecule has 0 radical (unpaired) electrons. The Labute approximate surface area is 107 Å². The smallest absolute Gasteiger partial charge is 0.244 e. The molecule has 1 amide bonds. The Morgan fingerprint density at radius 2 is 2.11 bits per heavy atom. The van der Waals surface area contributed by atoms with E-state index in [1.54, 1.807) is 4.90 Å². The average molecular weight is 274 g/mol. The lowest BCUT2D eigenvalue weighted by Gasteiger charge is -2.23. The third-order valence-electron chi connectivity index (χ3n) is 2.56. The Kier molecular flexibility index (Phi) is 4.85. The van der Waals surface area contributed by atoms with E-state index in [-0.39, 0.29) is 10.8 Å². The minimum atomic E-state index is -3.70. The molecule has 0 bridgehead atoms. The molecule has 18 heavy (non-hydrogen) atoms. The van der Waals surface area contributed by atoms with Crippen LogP contribution in [0.1, 0.15) is 20.8 Å². The van der Waals surface area contributed by atoms with Crippen molar-refractivity contribution in [2.24, 2.45) is 0 Å². The van der Waals surface area contributed by atoms with Gasteiger partial charge >= 0.3 is 0 Å². The second kappa shape index (κ2) is 5.96. The standard InChI is InChI=1S/C10H18N4O3S/c1-4-14(5-2)10(15)8(3)13-18(16,17)9-6-11-12-7-9/h6-8,13H,4-5H2,1-3H3,(H,11,12). The third kappa shape index (κ3) is 3.30. The van der Waals surface area contributed by atoms with Crippen LogP contribution < -0.4 is 4.72 Å². The second-order valence-electron chi connectivity index (χ2n) is 3.79. The van der Waals surface area contributed by atoms with Crippen LogP contribution in [0, 0.1) is 0 Å². The highest BCUT2D eigenvalue weighted by atomic mass is 32.2. The number of carbonyl (C=O) groups excluding carboxylic acids is 1. The fraction of sp³-hybridized carbons (Fsp3) is 0.600. The van der Waals surface area contributed by atoms with Gasteiger partial charge in [0, 0.05) is 19.3 Å². The zero-order valence-electron chi connectivity index (χ0n) is 10.7. The maximum absolute atomic E-state index is 11.9. The molecule has 0 aliphatic carbocycles. The Balaban J connectivity index is 2.76. The van der Waals surface area contributed by atoms with Crippen LogP contribution in [0.3, 0.4) is 0 Å². The summed E-state index contributed by atoms with van der Waals surface area (Å²) < 4.78 is 26.1. The molecule has 0 aliphatic rings. The first-order chi connectivity index (χ1) is 8.42. The van der Waals surface area contributed by atoms with E-state index in [9.17, 15) is 13.2 Å². The molecule has 0 aromatic carbocycles. The number of nitrogens with zero attached hydrogens (tertiary/aromatic N) is 2. The summed E-state index contributed by atoms with van der Waals surface area (Å²) in [5.74, 6) is -0.243. The van der Waals surface area contributed by atoms with E-state index in [4.69, 9.17) is 0 Å². The minimum Gasteiger partial charge on any atom is -0.342 e. The molecule has 1 atom stereocenters. The number of hydrogen-bond donors (Lipinski definition) is 2. The largest absolute Gasteiger partial charge is 0.342 e. The molecule has 1 aromatic heterocycles. The molecule has 0 saturated carbocycles. The van der Waals surface area contributed by atoms with Gasteiger partial charge in [-0.1, -0.05) is 0 Å². The van der Waals surface area contributed by atoms with Crippen LogP contribution in [0.15, 0.2) is 17.3 Å². The molecule has 102 valence electrons. The summed E-state index contributed by atoms with van der Waals surface area (Å²) in [4.78, 5) is 13.5. The maximum atomic E-state index is 11.9. The van der Waals surface area contributed by atoms with Crippen molar-refractivity contribution in [3.63, 3.8) is 0 Å². The van der Waals surface area contributed by atoms with Crippen molar-refractivity contribution in [2.75, 3.05) is 13.1 Å². The van der Waals surface area contributed by atoms with Gasteiger partial charge in [0.05, 0.1) is 12.2 Å². The van der Waals surface area contributed by atoms with E-state index in [2.05, 4.69) is 14.9 Å². The zero-order chi connectivity index (χ0) is 13.8. The van der Waals surface area contributed by atoms with Crippen molar-refractivity contribution in [2.45, 2.75) is 31.7 Å². The predicted molar refractivity (Wildman–Crippen MR) is 66.3 cm³/mol. The monoisotopic (exact) mass is 274 g/mol. The van der Waals surface area contributed by atoms with Gasteiger partial charge in [0.2, 0.25) is 15.9 Å². The van der Waals surface area contributed by atoms with E-state index in [0.29, 0.717) is 13.1 Å². The SMILES string of the molecule is CCN(CC)C(=O)C(C)NS(=O)(=O)c1cn[nH]c1. The highest BCUT2D eigenvalue weighted by molar-refractivity contribution is 7.89. The van der Waals surface area contributed by atoms with Crippen LogP contribution in [0.25, 0.3) is 0 Å². The van der Waals surface area contributed by atoms with Gasteiger partial charge < -0.3 is 4.90 Å². The predicted octanol–water partition coefficient (Wildman–Crippen LogP) is -0.0551. The minimum absolute atomic E-state index is 0.0155. The van der Waals surface area contributed by atoms with Gasteiger partial charge in [-0.3, -0.25) is 9.89 Å². The van der Waals surface area contributed by atoms with Gasteiger partial charge in [0.1, 0.15) is 4.90 Å². The van der Waals surface area contributed by atoms with E-state index < -0.39 is 16.1 Å². The Bertz CT molecular complexity index is 479. The fourth-order valence-electron chi connectivity index (χ4n) is 1.55. The highest BCUT2D eigenvalue weighted by Crippen LogP contribution is 2.06. The molecule has 1 aromatic rings. The van der Waals surface area contributed by atoms with Crippen LogP contribution in [0.2, 0.25) is 0 Å². The van der Waals surface area contributed by atoms with Gasteiger partial charge in [0.15, 0.2) is 0 Å². The molecule has 1 unspecified atom stereocenters. The molecular formula is C10H18N4O3S. The maximum Gasteiger partial charge on any atom is 0.244 e. The zero-order valence-corrected chi connectivity index (χ0v) is 11.5. The van der Waals surface area contributed by atoms with Crippen molar-refractivity contribution in [3.8, 4) is 0 Å². The number of rotatable bonds is 6. The number of hydrogen-bond acceptors (Lipinski definition) is 4. The summed E-state index contributed by atoms with van der Waals surface area (Å²) in [5.41, 5.74) is 0. The third-order valence-corrected chi connectivity index (χ3v) is 4.07. The molecule has 0 aliphatic heterocycles. The number of carbonyl (C=O) groups is 1. The topological polar surface area (TPSA) is 95.2 Å². The van der Waals surface area contributed by atoms with Crippen LogP contribution in [0.4, 0.5) is 0 Å². The van der Waals surface area contributed by atoms with E-state index >= 15 is 0 Å². The van der Waals surface area contributed by atoms with Crippen molar-refractivity contribution in [1.29, 1.82) is 0 Å². The lowest BCUT2D eigenvalue weighted by atomic mass is 10.3. The summed E-state index contributed by atoms with van der Waals surface area (Å²) in [6, 6.07) is -0.801. The van der Waals surface area contributed by atoms with E-state index in [0.717, 1.165) is 0 Å². The summed E-state index contributed by atoms with van der Waals surface area (Å²) >= 11 is 0. The first-order valence-electron chi connectivity index (χ1n) is 5.72. The molecule has 7 nitrogen and oxygen atoms in total. The average Bonchev–Trinajstić information content (AvgIpc) is 2.84. The van der Waals surface area contributed by atoms with Crippen LogP contribution in [-0.2, 0) is 14.8 Å². The molecule has 0 saturated heterocycles. The molecule has 1 heterocycles.